The zero-order valence-electron chi connectivity index (χ0n) is 11.5. The Balaban J connectivity index is 2.03. The van der Waals surface area contributed by atoms with Crippen molar-refractivity contribution in [2.75, 3.05) is 0 Å². The third-order valence-electron chi connectivity index (χ3n) is 3.97. The number of hydrogen-bond acceptors (Lipinski definition) is 1. The molecular weight excluding hydrogens is 240 g/mol. The summed E-state index contributed by atoms with van der Waals surface area (Å²) in [6.45, 7) is 0. The van der Waals surface area contributed by atoms with Gasteiger partial charge in [0.05, 0.1) is 10.8 Å². The van der Waals surface area contributed by atoms with E-state index in [1.807, 2.05) is 0 Å². The number of rotatable bonds is 2. The maximum absolute atomic E-state index is 12.7. The molecule has 2 aliphatic carbocycles. The van der Waals surface area contributed by atoms with Crippen LogP contribution < -0.4 is 0 Å². The van der Waals surface area contributed by atoms with Crippen molar-refractivity contribution in [2.45, 2.75) is 77.0 Å². The Morgan fingerprint density at radius 2 is 1.11 bits per heavy atom. The van der Waals surface area contributed by atoms with Gasteiger partial charge in [-0.3, -0.25) is 0 Å². The molecule has 0 radical (unpaired) electrons. The summed E-state index contributed by atoms with van der Waals surface area (Å²) >= 11 is 0. The first-order valence-electron chi connectivity index (χ1n) is 7.68. The predicted octanol–water partition coefficient (Wildman–Crippen LogP) is 5.21. The SMILES string of the molecule is O=S(/C1=C/CCCCCC1)/C1=C/CCCCCC1. The van der Waals surface area contributed by atoms with E-state index in [1.54, 1.807) is 0 Å². The Hall–Kier alpha value is -0.370. The summed E-state index contributed by atoms with van der Waals surface area (Å²) in [7, 11) is -0.808. The molecule has 18 heavy (non-hydrogen) atoms. The average molecular weight is 266 g/mol. The maximum Gasteiger partial charge on any atom is 0.0760 e. The lowest BCUT2D eigenvalue weighted by Crippen LogP contribution is -2.03. The van der Waals surface area contributed by atoms with Crippen LogP contribution in [0, 0.1) is 0 Å². The van der Waals surface area contributed by atoms with Crippen LogP contribution in [-0.2, 0) is 10.8 Å². The summed E-state index contributed by atoms with van der Waals surface area (Å²) < 4.78 is 12.7. The van der Waals surface area contributed by atoms with Crippen LogP contribution in [0.5, 0.6) is 0 Å². The van der Waals surface area contributed by atoms with Crippen LogP contribution in [-0.4, -0.2) is 4.21 Å². The fourth-order valence-corrected chi connectivity index (χ4v) is 4.36. The molecule has 0 aromatic carbocycles. The van der Waals surface area contributed by atoms with E-state index in [-0.39, 0.29) is 0 Å². The van der Waals surface area contributed by atoms with Crippen molar-refractivity contribution in [2.24, 2.45) is 0 Å². The van der Waals surface area contributed by atoms with Crippen molar-refractivity contribution >= 4 is 10.8 Å². The lowest BCUT2D eigenvalue weighted by atomic mass is 10.1. The summed E-state index contributed by atoms with van der Waals surface area (Å²) in [4.78, 5) is 2.45. The Kier molecular flexibility index (Phi) is 6.19. The average Bonchev–Trinajstić information content (AvgIpc) is 2.27. The molecule has 0 unspecified atom stereocenters. The Morgan fingerprint density at radius 3 is 1.61 bits per heavy atom. The van der Waals surface area contributed by atoms with Crippen LogP contribution in [0.2, 0.25) is 0 Å². The molecule has 0 saturated heterocycles. The molecule has 0 amide bonds. The molecule has 0 spiro atoms. The van der Waals surface area contributed by atoms with Gasteiger partial charge in [0, 0.05) is 9.81 Å². The zero-order chi connectivity index (χ0) is 12.6. The van der Waals surface area contributed by atoms with Gasteiger partial charge >= 0.3 is 0 Å². The highest BCUT2D eigenvalue weighted by atomic mass is 32.2. The Bertz CT molecular complexity index is 309. The summed E-state index contributed by atoms with van der Waals surface area (Å²) in [5.41, 5.74) is 0. The Labute approximate surface area is 114 Å². The first-order valence-corrected chi connectivity index (χ1v) is 8.83. The minimum atomic E-state index is -0.808. The van der Waals surface area contributed by atoms with Gasteiger partial charge in [0.1, 0.15) is 0 Å². The Morgan fingerprint density at radius 1 is 0.667 bits per heavy atom. The van der Waals surface area contributed by atoms with Gasteiger partial charge in [-0.2, -0.15) is 0 Å². The van der Waals surface area contributed by atoms with E-state index in [1.165, 1.54) is 61.2 Å². The van der Waals surface area contributed by atoms with E-state index >= 15 is 0 Å². The molecule has 0 bridgehead atoms. The minimum Gasteiger partial charge on any atom is -0.250 e. The van der Waals surface area contributed by atoms with Crippen LogP contribution in [0.15, 0.2) is 22.0 Å². The van der Waals surface area contributed by atoms with Crippen molar-refractivity contribution in [3.05, 3.63) is 22.0 Å². The highest BCUT2D eigenvalue weighted by molar-refractivity contribution is 7.92. The van der Waals surface area contributed by atoms with E-state index < -0.39 is 10.8 Å². The lowest BCUT2D eigenvalue weighted by Gasteiger charge is -2.15. The van der Waals surface area contributed by atoms with Crippen LogP contribution in [0.4, 0.5) is 0 Å². The van der Waals surface area contributed by atoms with Gasteiger partial charge in [0.15, 0.2) is 0 Å². The van der Waals surface area contributed by atoms with Gasteiger partial charge in [-0.15, -0.1) is 0 Å². The number of hydrogen-bond donors (Lipinski definition) is 0. The summed E-state index contributed by atoms with van der Waals surface area (Å²) in [6, 6.07) is 0. The highest BCUT2D eigenvalue weighted by Crippen LogP contribution is 2.27. The quantitative estimate of drug-likeness (QED) is 0.670. The fourth-order valence-electron chi connectivity index (χ4n) is 2.83. The van der Waals surface area contributed by atoms with Crippen LogP contribution in [0.3, 0.4) is 0 Å². The standard InChI is InChI=1S/C16H26OS/c17-18(15-11-7-3-1-4-8-12-15)16-13-9-5-2-6-10-14-16/h11,13H,1-10,12,14H2/b15-11+,16-13+. The molecule has 2 heteroatoms. The van der Waals surface area contributed by atoms with Crippen molar-refractivity contribution in [3.63, 3.8) is 0 Å². The molecule has 0 saturated carbocycles. The minimum absolute atomic E-state index is 0.808. The molecule has 1 nitrogen and oxygen atoms in total. The zero-order valence-corrected chi connectivity index (χ0v) is 12.3. The molecule has 0 atom stereocenters. The summed E-state index contributed by atoms with van der Waals surface area (Å²) in [5.74, 6) is 0. The maximum atomic E-state index is 12.7. The van der Waals surface area contributed by atoms with E-state index in [4.69, 9.17) is 0 Å². The van der Waals surface area contributed by atoms with E-state index in [0.717, 1.165) is 25.7 Å². The molecule has 0 aromatic rings. The van der Waals surface area contributed by atoms with Gasteiger partial charge in [0.2, 0.25) is 0 Å². The second-order valence-corrected chi connectivity index (χ2v) is 7.10. The summed E-state index contributed by atoms with van der Waals surface area (Å²) in [6.07, 6.45) is 19.3. The number of allylic oxidation sites excluding steroid dienone is 4. The van der Waals surface area contributed by atoms with Crippen LogP contribution in [0.1, 0.15) is 77.0 Å². The van der Waals surface area contributed by atoms with E-state index in [9.17, 15) is 4.21 Å². The normalized spacial score (nSPS) is 29.2. The predicted molar refractivity (Wildman–Crippen MR) is 79.7 cm³/mol. The molecule has 102 valence electrons. The first-order chi connectivity index (χ1) is 8.88. The summed E-state index contributed by atoms with van der Waals surface area (Å²) in [5, 5.41) is 0. The molecular formula is C16H26OS. The third kappa shape index (κ3) is 4.38. The molecule has 0 N–H and O–H groups in total. The second-order valence-electron chi connectivity index (χ2n) is 5.52. The van der Waals surface area contributed by atoms with Gasteiger partial charge in [-0.1, -0.05) is 37.8 Å². The van der Waals surface area contributed by atoms with Gasteiger partial charge < -0.3 is 0 Å². The monoisotopic (exact) mass is 266 g/mol. The third-order valence-corrected chi connectivity index (χ3v) is 5.67. The fraction of sp³-hybridized carbons (Fsp3) is 0.750. The van der Waals surface area contributed by atoms with E-state index in [2.05, 4.69) is 12.2 Å². The van der Waals surface area contributed by atoms with Crippen molar-refractivity contribution in [1.82, 2.24) is 0 Å². The largest absolute Gasteiger partial charge is 0.250 e. The lowest BCUT2D eigenvalue weighted by molar-refractivity contribution is 0.624. The van der Waals surface area contributed by atoms with Gasteiger partial charge in [0.25, 0.3) is 0 Å². The molecule has 2 rings (SSSR count). The van der Waals surface area contributed by atoms with Crippen LogP contribution >= 0.6 is 0 Å². The van der Waals surface area contributed by atoms with Gasteiger partial charge in [-0.05, 0) is 51.4 Å². The van der Waals surface area contributed by atoms with Crippen molar-refractivity contribution in [3.8, 4) is 0 Å². The second kappa shape index (κ2) is 7.93. The topological polar surface area (TPSA) is 17.1 Å². The first kappa shape index (κ1) is 14.0. The van der Waals surface area contributed by atoms with Crippen molar-refractivity contribution in [1.29, 1.82) is 0 Å². The molecule has 0 heterocycles. The van der Waals surface area contributed by atoms with Crippen molar-refractivity contribution < 1.29 is 4.21 Å². The highest BCUT2D eigenvalue weighted by Gasteiger charge is 2.14. The molecule has 2 aliphatic rings. The van der Waals surface area contributed by atoms with Crippen LogP contribution in [0.25, 0.3) is 0 Å². The van der Waals surface area contributed by atoms with Gasteiger partial charge in [-0.25, -0.2) is 4.21 Å². The molecule has 0 fully saturated rings. The van der Waals surface area contributed by atoms with E-state index in [0.29, 0.717) is 0 Å². The smallest absolute Gasteiger partial charge is 0.0760 e. The molecule has 0 aliphatic heterocycles. The molecule has 0 aromatic heterocycles.